The Labute approximate surface area is 120 Å². The molecular formula is C13H15N3O5. The van der Waals surface area contributed by atoms with Crippen molar-refractivity contribution < 1.29 is 19.5 Å². The topological polar surface area (TPSA) is 110 Å². The summed E-state index contributed by atoms with van der Waals surface area (Å²) in [5, 5.41) is 8.93. The Morgan fingerprint density at radius 2 is 1.95 bits per heavy atom. The van der Waals surface area contributed by atoms with E-state index >= 15 is 0 Å². The van der Waals surface area contributed by atoms with E-state index in [0.29, 0.717) is 17.0 Å². The number of hydrogen-bond donors (Lipinski definition) is 1. The monoisotopic (exact) mass is 293 g/mol. The van der Waals surface area contributed by atoms with Gasteiger partial charge in [0.15, 0.2) is 0 Å². The molecular weight excluding hydrogens is 278 g/mol. The van der Waals surface area contributed by atoms with Crippen molar-refractivity contribution in [2.45, 2.75) is 32.7 Å². The predicted molar refractivity (Wildman–Crippen MR) is 70.7 cm³/mol. The van der Waals surface area contributed by atoms with E-state index < -0.39 is 23.6 Å². The Morgan fingerprint density at radius 1 is 1.33 bits per heavy atom. The normalized spacial score (nSPS) is 18.4. The summed E-state index contributed by atoms with van der Waals surface area (Å²) in [4.78, 5) is 51.4. The first-order chi connectivity index (χ1) is 9.73. The third-order valence-corrected chi connectivity index (χ3v) is 3.70. The predicted octanol–water partition coefficient (Wildman–Crippen LogP) is -0.583. The summed E-state index contributed by atoms with van der Waals surface area (Å²) in [7, 11) is 1.35. The number of amides is 2. The van der Waals surface area contributed by atoms with Crippen molar-refractivity contribution in [2.24, 2.45) is 0 Å². The van der Waals surface area contributed by atoms with Gasteiger partial charge in [0.2, 0.25) is 5.91 Å². The molecule has 2 amide bonds. The van der Waals surface area contributed by atoms with E-state index in [9.17, 15) is 19.2 Å². The molecule has 8 heteroatoms. The fraction of sp³-hybridized carbons (Fsp3) is 0.462. The summed E-state index contributed by atoms with van der Waals surface area (Å²) in [6.45, 7) is 3.11. The Hall–Kier alpha value is -2.51. The number of rotatable bonds is 3. The van der Waals surface area contributed by atoms with Gasteiger partial charge in [-0.3, -0.25) is 23.9 Å². The molecule has 0 aromatic carbocycles. The second kappa shape index (κ2) is 5.12. The van der Waals surface area contributed by atoms with Crippen molar-refractivity contribution in [1.82, 2.24) is 14.5 Å². The van der Waals surface area contributed by atoms with E-state index in [1.165, 1.54) is 7.05 Å². The van der Waals surface area contributed by atoms with Crippen LogP contribution < -0.4 is 5.69 Å². The quantitative estimate of drug-likeness (QED) is 0.746. The number of carbonyl (C=O) groups is 3. The molecule has 1 aliphatic heterocycles. The maximum Gasteiger partial charge on any atom is 0.348 e. The number of hydrogen-bond acceptors (Lipinski definition) is 5. The van der Waals surface area contributed by atoms with Crippen LogP contribution in [-0.4, -0.2) is 44.4 Å². The smallest absolute Gasteiger partial charge is 0.348 e. The highest BCUT2D eigenvalue weighted by Crippen LogP contribution is 2.24. The molecule has 2 heterocycles. The van der Waals surface area contributed by atoms with Gasteiger partial charge in [-0.05, 0) is 13.8 Å². The van der Waals surface area contributed by atoms with E-state index in [0.717, 1.165) is 9.47 Å². The first kappa shape index (κ1) is 14.9. The highest BCUT2D eigenvalue weighted by molar-refractivity contribution is 6.04. The van der Waals surface area contributed by atoms with Crippen LogP contribution in [0.1, 0.15) is 29.4 Å². The fourth-order valence-electron chi connectivity index (χ4n) is 2.53. The van der Waals surface area contributed by atoms with Gasteiger partial charge >= 0.3 is 11.7 Å². The number of imide groups is 1. The highest BCUT2D eigenvalue weighted by atomic mass is 16.4. The molecule has 1 aromatic rings. The van der Waals surface area contributed by atoms with Gasteiger partial charge in [0.1, 0.15) is 6.04 Å². The first-order valence-electron chi connectivity index (χ1n) is 6.34. The largest absolute Gasteiger partial charge is 0.481 e. The molecule has 21 heavy (non-hydrogen) atoms. The van der Waals surface area contributed by atoms with E-state index in [4.69, 9.17) is 5.11 Å². The van der Waals surface area contributed by atoms with Crippen LogP contribution in [0.25, 0.3) is 0 Å². The van der Waals surface area contributed by atoms with Crippen LogP contribution in [-0.2, 0) is 20.8 Å². The van der Waals surface area contributed by atoms with Crippen LogP contribution in [0.4, 0.5) is 0 Å². The molecule has 1 atom stereocenters. The lowest BCUT2D eigenvalue weighted by Gasteiger charge is -2.18. The van der Waals surface area contributed by atoms with Gasteiger partial charge in [-0.25, -0.2) is 4.79 Å². The van der Waals surface area contributed by atoms with Crippen molar-refractivity contribution in [3.63, 3.8) is 0 Å². The fourth-order valence-corrected chi connectivity index (χ4v) is 2.53. The highest BCUT2D eigenvalue weighted by Gasteiger charge is 2.39. The summed E-state index contributed by atoms with van der Waals surface area (Å²) >= 11 is 0. The molecule has 1 aromatic heterocycles. The molecule has 112 valence electrons. The molecule has 2 rings (SSSR count). The number of carboxylic acid groups (broad SMARTS) is 1. The van der Waals surface area contributed by atoms with Crippen molar-refractivity contribution in [1.29, 1.82) is 0 Å². The number of likely N-dealkylation sites (N-methyl/N-ethyl adjacent to an activating group) is 1. The van der Waals surface area contributed by atoms with Crippen LogP contribution >= 0.6 is 0 Å². The summed E-state index contributed by atoms with van der Waals surface area (Å²) in [6.07, 6.45) is -0.414. The van der Waals surface area contributed by atoms with Gasteiger partial charge in [0, 0.05) is 24.0 Å². The van der Waals surface area contributed by atoms with Crippen molar-refractivity contribution in [3.05, 3.63) is 27.4 Å². The van der Waals surface area contributed by atoms with E-state index in [1.807, 2.05) is 0 Å². The van der Waals surface area contributed by atoms with E-state index in [1.54, 1.807) is 13.8 Å². The molecule has 1 N–H and O–H groups in total. The molecule has 0 saturated carbocycles. The van der Waals surface area contributed by atoms with Crippen molar-refractivity contribution in [2.75, 3.05) is 7.05 Å². The average Bonchev–Trinajstić information content (AvgIpc) is 2.62. The maximum atomic E-state index is 12.1. The number of carbonyl (C=O) groups excluding carboxylic acids is 2. The zero-order chi connectivity index (χ0) is 15.9. The number of nitrogens with zero attached hydrogens (tertiary/aromatic N) is 3. The summed E-state index contributed by atoms with van der Waals surface area (Å²) in [5.41, 5.74) is 0.412. The number of carboxylic acids is 1. The zero-order valence-corrected chi connectivity index (χ0v) is 11.9. The number of aryl methyl sites for hydroxylation is 1. The molecule has 8 nitrogen and oxygen atoms in total. The third kappa shape index (κ3) is 2.44. The van der Waals surface area contributed by atoms with Gasteiger partial charge in [0.25, 0.3) is 5.91 Å². The van der Waals surface area contributed by atoms with Crippen LogP contribution in [0.3, 0.4) is 0 Å². The summed E-state index contributed by atoms with van der Waals surface area (Å²) in [5.74, 6) is -1.92. The lowest BCUT2D eigenvalue weighted by molar-refractivity contribution is -0.138. The van der Waals surface area contributed by atoms with Crippen LogP contribution in [0.15, 0.2) is 4.79 Å². The Kier molecular flexibility index (Phi) is 3.63. The molecule has 0 aliphatic carbocycles. The first-order valence-corrected chi connectivity index (χ1v) is 6.34. The van der Waals surface area contributed by atoms with Gasteiger partial charge in [0.05, 0.1) is 12.8 Å². The summed E-state index contributed by atoms with van der Waals surface area (Å²) < 4.78 is 1.12. The Bertz CT molecular complexity index is 706. The Morgan fingerprint density at radius 3 is 2.43 bits per heavy atom. The second-order valence-corrected chi connectivity index (χ2v) is 5.00. The number of aromatic nitrogens is 2. The minimum Gasteiger partial charge on any atom is -0.481 e. The van der Waals surface area contributed by atoms with Crippen molar-refractivity contribution in [3.8, 4) is 0 Å². The minimum atomic E-state index is -1.06. The number of aliphatic carboxylic acids is 1. The minimum absolute atomic E-state index is 0.118. The second-order valence-electron chi connectivity index (χ2n) is 5.00. The molecule has 0 bridgehead atoms. The lowest BCUT2D eigenvalue weighted by Crippen LogP contribution is -2.35. The van der Waals surface area contributed by atoms with E-state index in [-0.39, 0.29) is 18.7 Å². The molecule has 1 aliphatic rings. The van der Waals surface area contributed by atoms with Gasteiger partial charge in [-0.2, -0.15) is 4.98 Å². The van der Waals surface area contributed by atoms with E-state index in [2.05, 4.69) is 4.98 Å². The standard InChI is InChI=1S/C13H15N3O5/c1-6-8(4-11(18)19)7(2)16(13(21)14-6)9-5-10(17)15(3)12(9)20/h9H,4-5H2,1-3H3,(H,18,19). The molecule has 0 radical (unpaired) electrons. The van der Waals surface area contributed by atoms with Crippen LogP contribution in [0.5, 0.6) is 0 Å². The van der Waals surface area contributed by atoms with Gasteiger partial charge < -0.3 is 5.11 Å². The summed E-state index contributed by atoms with van der Waals surface area (Å²) in [6, 6.07) is -0.948. The zero-order valence-electron chi connectivity index (χ0n) is 11.9. The Balaban J connectivity index is 2.60. The lowest BCUT2D eigenvalue weighted by atomic mass is 10.1. The maximum absolute atomic E-state index is 12.1. The van der Waals surface area contributed by atoms with Gasteiger partial charge in [-0.15, -0.1) is 0 Å². The van der Waals surface area contributed by atoms with Crippen LogP contribution in [0.2, 0.25) is 0 Å². The van der Waals surface area contributed by atoms with Gasteiger partial charge in [-0.1, -0.05) is 0 Å². The van der Waals surface area contributed by atoms with Crippen LogP contribution in [0, 0.1) is 13.8 Å². The SMILES string of the molecule is Cc1nc(=O)n(C2CC(=O)N(C)C2=O)c(C)c1CC(=O)O. The molecule has 1 saturated heterocycles. The van der Waals surface area contributed by atoms with Crippen molar-refractivity contribution >= 4 is 17.8 Å². The molecule has 0 spiro atoms. The molecule has 1 fully saturated rings. The third-order valence-electron chi connectivity index (χ3n) is 3.70. The average molecular weight is 293 g/mol. The molecule has 1 unspecified atom stereocenters. The number of likely N-dealkylation sites (tertiary alicyclic amines) is 1.